The highest BCUT2D eigenvalue weighted by Gasteiger charge is 2.15. The molecule has 8 nitrogen and oxygen atoms in total. The third-order valence-corrected chi connectivity index (χ3v) is 3.90. The maximum Gasteiger partial charge on any atom is 0.271 e. The van der Waals surface area contributed by atoms with Gasteiger partial charge in [-0.2, -0.15) is 15.4 Å². The molecule has 0 atom stereocenters. The Hall–Kier alpha value is -3.55. The molecule has 0 fully saturated rings. The van der Waals surface area contributed by atoms with Crippen molar-refractivity contribution in [2.45, 2.75) is 20.5 Å². The highest BCUT2D eigenvalue weighted by atomic mass is 16.5. The number of aromatic amines is 1. The van der Waals surface area contributed by atoms with Gasteiger partial charge in [-0.15, -0.1) is 0 Å². The van der Waals surface area contributed by atoms with E-state index in [1.165, 1.54) is 0 Å². The maximum absolute atomic E-state index is 11.5. The molecule has 0 aliphatic carbocycles. The first-order valence-corrected chi connectivity index (χ1v) is 8.94. The third-order valence-electron chi connectivity index (χ3n) is 3.90. The Balaban J connectivity index is 1.75. The van der Waals surface area contributed by atoms with Crippen LogP contribution in [0.25, 0.3) is 11.3 Å². The van der Waals surface area contributed by atoms with Crippen molar-refractivity contribution in [1.82, 2.24) is 15.4 Å². The molecule has 0 radical (unpaired) electrons. The molecule has 2 aromatic carbocycles. The lowest BCUT2D eigenvalue weighted by Gasteiger charge is -2.13. The van der Waals surface area contributed by atoms with Crippen LogP contribution in [0.3, 0.4) is 0 Å². The number of ether oxygens (including phenoxy) is 3. The maximum atomic E-state index is 11.5. The number of hydrogen-bond donors (Lipinski definition) is 2. The number of H-pyrrole nitrogens is 1. The summed E-state index contributed by atoms with van der Waals surface area (Å²) in [5.74, 6) is 1.38. The summed E-state index contributed by atoms with van der Waals surface area (Å²) in [5.41, 5.74) is 7.42. The van der Waals surface area contributed by atoms with Crippen LogP contribution in [0, 0.1) is 0 Å². The molecule has 0 bridgehead atoms. The fourth-order valence-electron chi connectivity index (χ4n) is 2.69. The van der Waals surface area contributed by atoms with Gasteiger partial charge >= 0.3 is 0 Å². The molecule has 0 aliphatic rings. The lowest BCUT2D eigenvalue weighted by atomic mass is 10.1. The minimum atomic E-state index is -0.645. The van der Waals surface area contributed by atoms with Gasteiger partial charge in [0.25, 0.3) is 5.91 Å². The van der Waals surface area contributed by atoms with Gasteiger partial charge in [0.2, 0.25) is 0 Å². The predicted octanol–water partition coefficient (Wildman–Crippen LogP) is 2.95. The Morgan fingerprint density at radius 3 is 2.54 bits per heavy atom. The predicted molar refractivity (Wildman–Crippen MR) is 103 cm³/mol. The van der Waals surface area contributed by atoms with Gasteiger partial charge in [0.1, 0.15) is 18.1 Å². The Kier molecular flexibility index (Phi) is 6.11. The average Bonchev–Trinajstić information content (AvgIpc) is 3.19. The number of nitrogens with two attached hydrogens (primary N) is 1. The molecule has 0 saturated carbocycles. The molecule has 0 spiro atoms. The summed E-state index contributed by atoms with van der Waals surface area (Å²) in [6.45, 7) is 5.31. The van der Waals surface area contributed by atoms with Gasteiger partial charge in [-0.05, 0) is 43.7 Å². The molecule has 146 valence electrons. The third kappa shape index (κ3) is 4.40. The van der Waals surface area contributed by atoms with E-state index in [4.69, 9.17) is 19.9 Å². The summed E-state index contributed by atoms with van der Waals surface area (Å²) in [5, 5.41) is 10.2. The minimum absolute atomic E-state index is 0.0880. The van der Waals surface area contributed by atoms with Crippen LogP contribution < -0.4 is 19.9 Å². The molecule has 3 N–H and O–H groups in total. The van der Waals surface area contributed by atoms with Gasteiger partial charge in [-0.3, -0.25) is 4.79 Å². The lowest BCUT2D eigenvalue weighted by molar-refractivity contribution is 0.0996. The lowest BCUT2D eigenvalue weighted by Crippen LogP contribution is -2.12. The number of nitrogens with one attached hydrogen (secondary N) is 1. The van der Waals surface area contributed by atoms with Crippen molar-refractivity contribution in [3.63, 3.8) is 0 Å². The molecule has 1 amide bonds. The van der Waals surface area contributed by atoms with Crippen LogP contribution in [0.15, 0.2) is 42.5 Å². The molecule has 3 rings (SSSR count). The fraction of sp³-hybridized carbons (Fsp3) is 0.250. The topological polar surface area (TPSA) is 112 Å². The van der Waals surface area contributed by atoms with E-state index in [9.17, 15) is 4.79 Å². The molecule has 28 heavy (non-hydrogen) atoms. The summed E-state index contributed by atoms with van der Waals surface area (Å²) < 4.78 is 17.1. The van der Waals surface area contributed by atoms with Crippen molar-refractivity contribution in [1.29, 1.82) is 0 Å². The number of hydrogen-bond acceptors (Lipinski definition) is 6. The number of aromatic nitrogens is 3. The van der Waals surface area contributed by atoms with Crippen LogP contribution in [0.5, 0.6) is 17.2 Å². The number of amides is 1. The standard InChI is InChI=1S/C20H22N4O4/c1-3-26-16-9-8-13(10-17(16)27-4-2)12-28-15-7-5-6-14(11-15)18-19(20(21)25)23-24-22-18/h5-11H,3-4,12H2,1-2H3,(H2,21,25)(H,22,23,24). The van der Waals surface area contributed by atoms with Crippen LogP contribution >= 0.6 is 0 Å². The molecule has 0 aliphatic heterocycles. The van der Waals surface area contributed by atoms with E-state index in [0.29, 0.717) is 48.3 Å². The molecular formula is C20H22N4O4. The van der Waals surface area contributed by atoms with E-state index in [1.807, 2.05) is 44.2 Å². The minimum Gasteiger partial charge on any atom is -0.490 e. The van der Waals surface area contributed by atoms with E-state index < -0.39 is 5.91 Å². The molecule has 0 saturated heterocycles. The molecule has 1 heterocycles. The van der Waals surface area contributed by atoms with Gasteiger partial charge in [-0.25, -0.2) is 0 Å². The van der Waals surface area contributed by atoms with Crippen molar-refractivity contribution in [3.8, 4) is 28.5 Å². The van der Waals surface area contributed by atoms with E-state index in [0.717, 1.165) is 5.56 Å². The normalized spacial score (nSPS) is 10.5. The highest BCUT2D eigenvalue weighted by molar-refractivity contribution is 5.96. The quantitative estimate of drug-likeness (QED) is 0.588. The smallest absolute Gasteiger partial charge is 0.271 e. The van der Waals surface area contributed by atoms with E-state index >= 15 is 0 Å². The Labute approximate surface area is 162 Å². The van der Waals surface area contributed by atoms with Crippen molar-refractivity contribution < 1.29 is 19.0 Å². The number of carbonyl (C=O) groups is 1. The number of primary amides is 1. The summed E-state index contributed by atoms with van der Waals surface area (Å²) >= 11 is 0. The van der Waals surface area contributed by atoms with Crippen LogP contribution in [0.4, 0.5) is 0 Å². The first-order valence-electron chi connectivity index (χ1n) is 8.94. The second-order valence-electron chi connectivity index (χ2n) is 5.85. The zero-order chi connectivity index (χ0) is 19.9. The van der Waals surface area contributed by atoms with Gasteiger partial charge < -0.3 is 19.9 Å². The van der Waals surface area contributed by atoms with Crippen LogP contribution in [-0.2, 0) is 6.61 Å². The summed E-state index contributed by atoms with van der Waals surface area (Å²) in [4.78, 5) is 11.5. The van der Waals surface area contributed by atoms with E-state index in [1.54, 1.807) is 12.1 Å². The number of rotatable bonds is 9. The first kappa shape index (κ1) is 19.2. The van der Waals surface area contributed by atoms with E-state index in [2.05, 4.69) is 15.4 Å². The Bertz CT molecular complexity index is 955. The highest BCUT2D eigenvalue weighted by Crippen LogP contribution is 2.29. The van der Waals surface area contributed by atoms with Crippen molar-refractivity contribution in [2.75, 3.05) is 13.2 Å². The SMILES string of the molecule is CCOc1ccc(COc2cccc(-c3n[nH]nc3C(N)=O)c2)cc1OCC. The first-order chi connectivity index (χ1) is 13.6. The van der Waals surface area contributed by atoms with Crippen LogP contribution in [0.2, 0.25) is 0 Å². The second kappa shape index (κ2) is 8.90. The molecular weight excluding hydrogens is 360 g/mol. The van der Waals surface area contributed by atoms with E-state index in [-0.39, 0.29) is 5.69 Å². The number of nitrogens with zero attached hydrogens (tertiary/aromatic N) is 2. The molecule has 0 unspecified atom stereocenters. The van der Waals surface area contributed by atoms with Gasteiger partial charge in [0.15, 0.2) is 17.2 Å². The van der Waals surface area contributed by atoms with Crippen molar-refractivity contribution in [3.05, 3.63) is 53.7 Å². The Morgan fingerprint density at radius 1 is 1.00 bits per heavy atom. The van der Waals surface area contributed by atoms with Crippen LogP contribution in [-0.4, -0.2) is 34.5 Å². The monoisotopic (exact) mass is 382 g/mol. The fourth-order valence-corrected chi connectivity index (χ4v) is 2.69. The van der Waals surface area contributed by atoms with Crippen LogP contribution in [0.1, 0.15) is 29.9 Å². The van der Waals surface area contributed by atoms with Crippen molar-refractivity contribution >= 4 is 5.91 Å². The summed E-state index contributed by atoms with van der Waals surface area (Å²) in [7, 11) is 0. The molecule has 8 heteroatoms. The number of benzene rings is 2. The van der Waals surface area contributed by atoms with Gasteiger partial charge in [-0.1, -0.05) is 18.2 Å². The Morgan fingerprint density at radius 2 is 1.79 bits per heavy atom. The molecule has 1 aromatic heterocycles. The summed E-state index contributed by atoms with van der Waals surface area (Å²) in [6.07, 6.45) is 0. The number of carbonyl (C=O) groups excluding carboxylic acids is 1. The van der Waals surface area contributed by atoms with Gasteiger partial charge in [0.05, 0.1) is 13.2 Å². The zero-order valence-corrected chi connectivity index (χ0v) is 15.8. The summed E-state index contributed by atoms with van der Waals surface area (Å²) in [6, 6.07) is 12.9. The van der Waals surface area contributed by atoms with Crippen molar-refractivity contribution in [2.24, 2.45) is 5.73 Å². The second-order valence-corrected chi connectivity index (χ2v) is 5.85. The largest absolute Gasteiger partial charge is 0.490 e. The molecule has 3 aromatic rings. The zero-order valence-electron chi connectivity index (χ0n) is 15.8. The van der Waals surface area contributed by atoms with Gasteiger partial charge in [0, 0.05) is 5.56 Å². The average molecular weight is 382 g/mol.